The van der Waals surface area contributed by atoms with E-state index in [-0.39, 0.29) is 10.9 Å². The Morgan fingerprint density at radius 3 is 2.81 bits per heavy atom. The van der Waals surface area contributed by atoms with Crippen LogP contribution < -0.4 is 10.1 Å². The minimum Gasteiger partial charge on any atom is -0.494 e. The monoisotopic (exact) mass is 380 g/mol. The van der Waals surface area contributed by atoms with Gasteiger partial charge in [0.05, 0.1) is 18.0 Å². The molecule has 0 saturated heterocycles. The first-order chi connectivity index (χ1) is 12.3. The maximum absolute atomic E-state index is 12.0. The summed E-state index contributed by atoms with van der Waals surface area (Å²) in [6.45, 7) is 3.99. The fourth-order valence-electron chi connectivity index (χ4n) is 2.67. The summed E-state index contributed by atoms with van der Waals surface area (Å²) in [4.78, 5) is 15.2. The molecule has 0 spiro atoms. The van der Waals surface area contributed by atoms with Gasteiger partial charge in [-0.3, -0.25) is 10.4 Å². The summed E-state index contributed by atoms with van der Waals surface area (Å²) in [7, 11) is -3.44. The van der Waals surface area contributed by atoms with Crippen LogP contribution in [-0.4, -0.2) is 42.1 Å². The SMILES string of the molecule is CC1(C)OC(=O)Nc2ccc(OCCCCS(=O)(=O)c3ncn[nH]3)cc21. The Kier molecular flexibility index (Phi) is 4.86. The van der Waals surface area contributed by atoms with E-state index in [0.29, 0.717) is 30.9 Å². The number of nitrogens with one attached hydrogen (secondary N) is 2. The van der Waals surface area contributed by atoms with Gasteiger partial charge < -0.3 is 9.47 Å². The molecule has 0 aliphatic carbocycles. The highest BCUT2D eigenvalue weighted by molar-refractivity contribution is 7.91. The zero-order valence-electron chi connectivity index (χ0n) is 14.5. The summed E-state index contributed by atoms with van der Waals surface area (Å²) in [6, 6.07) is 5.34. The molecule has 0 radical (unpaired) electrons. The number of rotatable bonds is 7. The van der Waals surface area contributed by atoms with Crippen LogP contribution in [0.5, 0.6) is 5.75 Å². The van der Waals surface area contributed by atoms with Crippen LogP contribution in [0.25, 0.3) is 0 Å². The summed E-state index contributed by atoms with van der Waals surface area (Å²) in [5.41, 5.74) is 0.765. The number of hydrogen-bond acceptors (Lipinski definition) is 7. The first-order valence-electron chi connectivity index (χ1n) is 8.13. The Morgan fingerprint density at radius 1 is 1.27 bits per heavy atom. The quantitative estimate of drug-likeness (QED) is 0.706. The summed E-state index contributed by atoms with van der Waals surface area (Å²) in [5.74, 6) is 0.609. The molecule has 1 amide bonds. The molecule has 0 atom stereocenters. The highest BCUT2D eigenvalue weighted by Crippen LogP contribution is 2.37. The molecule has 0 unspecified atom stereocenters. The minimum atomic E-state index is -3.44. The highest BCUT2D eigenvalue weighted by Gasteiger charge is 2.33. The lowest BCUT2D eigenvalue weighted by Crippen LogP contribution is -2.34. The maximum atomic E-state index is 12.0. The number of hydrogen-bond donors (Lipinski definition) is 2. The molecule has 1 aliphatic heterocycles. The summed E-state index contributed by atoms with van der Waals surface area (Å²) in [6.07, 6.45) is 1.70. The molecule has 0 fully saturated rings. The van der Waals surface area contributed by atoms with Gasteiger partial charge in [0.15, 0.2) is 0 Å². The van der Waals surface area contributed by atoms with E-state index < -0.39 is 21.5 Å². The molecule has 0 saturated carbocycles. The van der Waals surface area contributed by atoms with Crippen LogP contribution in [0.3, 0.4) is 0 Å². The van der Waals surface area contributed by atoms with Crippen molar-refractivity contribution in [3.63, 3.8) is 0 Å². The van der Waals surface area contributed by atoms with E-state index in [1.807, 2.05) is 19.9 Å². The van der Waals surface area contributed by atoms with Crippen molar-refractivity contribution in [2.45, 2.75) is 37.4 Å². The third-order valence-electron chi connectivity index (χ3n) is 3.99. The number of amides is 1. The maximum Gasteiger partial charge on any atom is 0.412 e. The Labute approximate surface area is 151 Å². The van der Waals surface area contributed by atoms with Gasteiger partial charge in [0.25, 0.3) is 0 Å². The zero-order valence-corrected chi connectivity index (χ0v) is 15.3. The van der Waals surface area contributed by atoms with Crippen LogP contribution in [0.2, 0.25) is 0 Å². The lowest BCUT2D eigenvalue weighted by Gasteiger charge is -2.32. The number of anilines is 1. The number of aromatic amines is 1. The van der Waals surface area contributed by atoms with Gasteiger partial charge in [-0.2, -0.15) is 5.10 Å². The molecular formula is C16H20N4O5S. The number of aromatic nitrogens is 3. The van der Waals surface area contributed by atoms with Gasteiger partial charge in [0.1, 0.15) is 17.7 Å². The number of fused-ring (bicyclic) bond motifs is 1. The van der Waals surface area contributed by atoms with E-state index in [1.165, 1.54) is 6.33 Å². The van der Waals surface area contributed by atoms with Crippen molar-refractivity contribution in [3.05, 3.63) is 30.1 Å². The molecule has 1 aromatic heterocycles. The summed E-state index contributed by atoms with van der Waals surface area (Å²) in [5, 5.41) is 8.45. The standard InChI is InChI=1S/C16H20N4O5S/c1-16(2)12-9-11(5-6-13(12)19-15(21)25-16)24-7-3-4-8-26(22,23)14-17-10-18-20-14/h5-6,9-10H,3-4,7-8H2,1-2H3,(H,19,21)(H,17,18,20). The fraction of sp³-hybridized carbons (Fsp3) is 0.438. The molecule has 10 heteroatoms. The molecule has 1 aliphatic rings. The van der Waals surface area contributed by atoms with Gasteiger partial charge in [0.2, 0.25) is 15.0 Å². The molecule has 2 heterocycles. The van der Waals surface area contributed by atoms with Gasteiger partial charge in [0, 0.05) is 5.56 Å². The van der Waals surface area contributed by atoms with Crippen LogP contribution in [0.4, 0.5) is 10.5 Å². The number of benzene rings is 1. The smallest absolute Gasteiger partial charge is 0.412 e. The molecular weight excluding hydrogens is 360 g/mol. The molecule has 140 valence electrons. The van der Waals surface area contributed by atoms with Crippen molar-refractivity contribution in [3.8, 4) is 5.75 Å². The van der Waals surface area contributed by atoms with Crippen molar-refractivity contribution in [1.82, 2.24) is 15.2 Å². The molecule has 2 N–H and O–H groups in total. The Bertz CT molecular complexity index is 893. The largest absolute Gasteiger partial charge is 0.494 e. The molecule has 26 heavy (non-hydrogen) atoms. The minimum absolute atomic E-state index is 0.0252. The van der Waals surface area contributed by atoms with Gasteiger partial charge in [-0.1, -0.05) is 0 Å². The third kappa shape index (κ3) is 3.96. The Morgan fingerprint density at radius 2 is 2.08 bits per heavy atom. The average Bonchev–Trinajstić information content (AvgIpc) is 3.09. The van der Waals surface area contributed by atoms with E-state index in [4.69, 9.17) is 9.47 Å². The topological polar surface area (TPSA) is 123 Å². The number of carbonyl (C=O) groups is 1. The van der Waals surface area contributed by atoms with Crippen LogP contribution in [-0.2, 0) is 20.2 Å². The molecule has 0 bridgehead atoms. The predicted octanol–water partition coefficient (Wildman–Crippen LogP) is 2.23. The predicted molar refractivity (Wildman–Crippen MR) is 92.7 cm³/mol. The third-order valence-corrected chi connectivity index (χ3v) is 5.60. The van der Waals surface area contributed by atoms with Gasteiger partial charge >= 0.3 is 6.09 Å². The number of sulfone groups is 1. The first-order valence-corrected chi connectivity index (χ1v) is 9.79. The van der Waals surface area contributed by atoms with Crippen molar-refractivity contribution < 1.29 is 22.7 Å². The highest BCUT2D eigenvalue weighted by atomic mass is 32.2. The number of unbranched alkanes of at least 4 members (excludes halogenated alkanes) is 1. The van der Waals surface area contributed by atoms with E-state index in [0.717, 1.165) is 5.56 Å². The Balaban J connectivity index is 1.52. The second kappa shape index (κ2) is 6.94. The average molecular weight is 380 g/mol. The van der Waals surface area contributed by atoms with Crippen molar-refractivity contribution >= 4 is 21.6 Å². The van der Waals surface area contributed by atoms with Crippen LogP contribution in [0.1, 0.15) is 32.3 Å². The van der Waals surface area contributed by atoms with Crippen LogP contribution in [0.15, 0.2) is 29.7 Å². The van der Waals surface area contributed by atoms with E-state index >= 15 is 0 Å². The van der Waals surface area contributed by atoms with E-state index in [9.17, 15) is 13.2 Å². The van der Waals surface area contributed by atoms with Crippen molar-refractivity contribution in [1.29, 1.82) is 0 Å². The second-order valence-electron chi connectivity index (χ2n) is 6.40. The van der Waals surface area contributed by atoms with Gasteiger partial charge in [-0.05, 0) is 44.9 Å². The van der Waals surface area contributed by atoms with Gasteiger partial charge in [-0.25, -0.2) is 18.2 Å². The molecule has 2 aromatic rings. The summed E-state index contributed by atoms with van der Waals surface area (Å²) >= 11 is 0. The zero-order chi connectivity index (χ0) is 18.8. The molecule has 3 rings (SSSR count). The lowest BCUT2D eigenvalue weighted by atomic mass is 9.94. The molecule has 9 nitrogen and oxygen atoms in total. The summed E-state index contributed by atoms with van der Waals surface area (Å²) < 4.78 is 34.9. The normalized spacial score (nSPS) is 15.7. The van der Waals surface area contributed by atoms with E-state index in [1.54, 1.807) is 12.1 Å². The lowest BCUT2D eigenvalue weighted by molar-refractivity contribution is 0.0418. The van der Waals surface area contributed by atoms with Crippen LogP contribution in [0, 0.1) is 0 Å². The Hall–Kier alpha value is -2.62. The van der Waals surface area contributed by atoms with Crippen molar-refractivity contribution in [2.75, 3.05) is 17.7 Å². The fourth-order valence-corrected chi connectivity index (χ4v) is 3.84. The van der Waals surface area contributed by atoms with E-state index in [2.05, 4.69) is 20.5 Å². The van der Waals surface area contributed by atoms with Crippen LogP contribution >= 0.6 is 0 Å². The number of nitrogens with zero attached hydrogens (tertiary/aromatic N) is 2. The molecule has 1 aromatic carbocycles. The number of ether oxygens (including phenoxy) is 2. The number of H-pyrrole nitrogens is 1. The van der Waals surface area contributed by atoms with Crippen molar-refractivity contribution in [2.24, 2.45) is 0 Å². The van der Waals surface area contributed by atoms with Gasteiger partial charge in [-0.15, -0.1) is 0 Å². The first kappa shape index (κ1) is 18.2. The number of cyclic esters (lactones) is 1. The number of carbonyl (C=O) groups excluding carboxylic acids is 1. The second-order valence-corrected chi connectivity index (χ2v) is 8.42.